The first-order valence-electron chi connectivity index (χ1n) is 3.84. The highest BCUT2D eigenvalue weighted by atomic mass is 79.9. The molecule has 1 aliphatic heterocycles. The van der Waals surface area contributed by atoms with E-state index < -0.39 is 0 Å². The van der Waals surface area contributed by atoms with Crippen molar-refractivity contribution >= 4 is 27.7 Å². The zero-order valence-corrected chi connectivity index (χ0v) is 9.17. The molecular weight excluding hydrogens is 236 g/mol. The largest absolute Gasteiger partial charge is 0.492 e. The Hall–Kier alpha value is -0.150. The second-order valence-corrected chi connectivity index (χ2v) is 4.66. The zero-order chi connectivity index (χ0) is 8.55. The van der Waals surface area contributed by atoms with Crippen molar-refractivity contribution in [3.05, 3.63) is 22.2 Å². The first-order chi connectivity index (χ1) is 5.79. The van der Waals surface area contributed by atoms with Crippen LogP contribution in [0.3, 0.4) is 0 Å². The molecular formula is C9H9BrOS. The molecule has 12 heavy (non-hydrogen) atoms. The van der Waals surface area contributed by atoms with Gasteiger partial charge in [0, 0.05) is 10.2 Å². The maximum Gasteiger partial charge on any atom is 0.133 e. The summed E-state index contributed by atoms with van der Waals surface area (Å²) in [5.74, 6) is 2.09. The lowest BCUT2D eigenvalue weighted by Crippen LogP contribution is -2.07. The average Bonchev–Trinajstić information content (AvgIpc) is 2.12. The third kappa shape index (κ3) is 1.36. The van der Waals surface area contributed by atoms with Gasteiger partial charge in [0.2, 0.25) is 0 Å². The van der Waals surface area contributed by atoms with Gasteiger partial charge >= 0.3 is 0 Å². The highest BCUT2D eigenvalue weighted by Gasteiger charge is 2.14. The number of hydrogen-bond donors (Lipinski definition) is 0. The Morgan fingerprint density at radius 3 is 3.17 bits per heavy atom. The molecule has 1 aromatic rings. The quantitative estimate of drug-likeness (QED) is 0.693. The fraction of sp³-hybridized carbons (Fsp3) is 0.333. The van der Waals surface area contributed by atoms with Crippen LogP contribution in [0.5, 0.6) is 5.75 Å². The Labute approximate surface area is 84.6 Å². The summed E-state index contributed by atoms with van der Waals surface area (Å²) in [6.45, 7) is 2.95. The minimum Gasteiger partial charge on any atom is -0.492 e. The Bertz CT molecular complexity index is 312. The molecule has 64 valence electrons. The lowest BCUT2D eigenvalue weighted by atomic mass is 10.2. The monoisotopic (exact) mass is 244 g/mol. The van der Waals surface area contributed by atoms with Crippen molar-refractivity contribution in [2.45, 2.75) is 11.8 Å². The van der Waals surface area contributed by atoms with E-state index in [1.165, 1.54) is 14.9 Å². The lowest BCUT2D eigenvalue weighted by Gasteiger charge is -2.18. The molecule has 3 heteroatoms. The molecule has 0 spiro atoms. The Balaban J connectivity index is 2.54. The summed E-state index contributed by atoms with van der Waals surface area (Å²) in [6.07, 6.45) is 0. The molecule has 0 unspecified atom stereocenters. The second-order valence-electron chi connectivity index (χ2n) is 2.70. The molecule has 1 nitrogen and oxygen atoms in total. The summed E-state index contributed by atoms with van der Waals surface area (Å²) in [6, 6.07) is 4.07. The normalized spacial score (nSPS) is 15.2. The zero-order valence-electron chi connectivity index (χ0n) is 6.76. The Morgan fingerprint density at radius 2 is 2.33 bits per heavy atom. The molecule has 0 amide bonds. The highest BCUT2D eigenvalue weighted by molar-refractivity contribution is 9.10. The van der Waals surface area contributed by atoms with Gasteiger partial charge in [-0.15, -0.1) is 11.8 Å². The van der Waals surface area contributed by atoms with E-state index in [0.717, 1.165) is 18.1 Å². The van der Waals surface area contributed by atoms with Crippen LogP contribution < -0.4 is 4.74 Å². The SMILES string of the molecule is Cc1c(Br)ccc2c1SCCO2. The molecule has 0 saturated carbocycles. The third-order valence-electron chi connectivity index (χ3n) is 1.89. The van der Waals surface area contributed by atoms with Gasteiger partial charge in [0.15, 0.2) is 0 Å². The molecule has 0 bridgehead atoms. The molecule has 2 rings (SSSR count). The minimum atomic E-state index is 0.832. The van der Waals surface area contributed by atoms with Crippen molar-refractivity contribution in [1.82, 2.24) is 0 Å². The van der Waals surface area contributed by atoms with Gasteiger partial charge in [-0.3, -0.25) is 0 Å². The summed E-state index contributed by atoms with van der Waals surface area (Å²) in [5, 5.41) is 0. The smallest absolute Gasteiger partial charge is 0.133 e. The van der Waals surface area contributed by atoms with Gasteiger partial charge in [-0.05, 0) is 24.6 Å². The van der Waals surface area contributed by atoms with E-state index >= 15 is 0 Å². The van der Waals surface area contributed by atoms with Crippen LogP contribution in [0, 0.1) is 6.92 Å². The van der Waals surface area contributed by atoms with Crippen molar-refractivity contribution in [3.63, 3.8) is 0 Å². The van der Waals surface area contributed by atoms with Gasteiger partial charge in [-0.2, -0.15) is 0 Å². The van der Waals surface area contributed by atoms with Crippen LogP contribution >= 0.6 is 27.7 Å². The fourth-order valence-electron chi connectivity index (χ4n) is 1.23. The molecule has 1 heterocycles. The Kier molecular flexibility index (Phi) is 2.33. The standard InChI is InChI=1S/C9H9BrOS/c1-6-7(10)2-3-8-9(6)12-5-4-11-8/h2-3H,4-5H2,1H3. The van der Waals surface area contributed by atoms with E-state index in [4.69, 9.17) is 4.74 Å². The molecule has 0 aliphatic carbocycles. The molecule has 1 aromatic carbocycles. The van der Waals surface area contributed by atoms with Crippen molar-refractivity contribution < 1.29 is 4.74 Å². The summed E-state index contributed by atoms with van der Waals surface area (Å²) >= 11 is 5.38. The van der Waals surface area contributed by atoms with Crippen LogP contribution in [0.4, 0.5) is 0 Å². The predicted molar refractivity (Wildman–Crippen MR) is 55.1 cm³/mol. The van der Waals surface area contributed by atoms with E-state index in [9.17, 15) is 0 Å². The van der Waals surface area contributed by atoms with Crippen molar-refractivity contribution in [3.8, 4) is 5.75 Å². The van der Waals surface area contributed by atoms with E-state index in [1.54, 1.807) is 0 Å². The maximum atomic E-state index is 5.52. The van der Waals surface area contributed by atoms with Gasteiger partial charge in [-0.25, -0.2) is 0 Å². The molecule has 0 N–H and O–H groups in total. The van der Waals surface area contributed by atoms with Crippen LogP contribution in [-0.4, -0.2) is 12.4 Å². The number of rotatable bonds is 0. The van der Waals surface area contributed by atoms with Crippen molar-refractivity contribution in [2.24, 2.45) is 0 Å². The summed E-state index contributed by atoms with van der Waals surface area (Å²) in [5.41, 5.74) is 1.29. The minimum absolute atomic E-state index is 0.832. The number of fused-ring (bicyclic) bond motifs is 1. The molecule has 0 atom stereocenters. The first-order valence-corrected chi connectivity index (χ1v) is 5.61. The number of benzene rings is 1. The fourth-order valence-corrected chi connectivity index (χ4v) is 2.66. The van der Waals surface area contributed by atoms with Crippen molar-refractivity contribution in [1.29, 1.82) is 0 Å². The van der Waals surface area contributed by atoms with Crippen LogP contribution in [0.15, 0.2) is 21.5 Å². The number of hydrogen-bond acceptors (Lipinski definition) is 2. The number of thioether (sulfide) groups is 1. The van der Waals surface area contributed by atoms with E-state index in [-0.39, 0.29) is 0 Å². The summed E-state index contributed by atoms with van der Waals surface area (Å²) in [4.78, 5) is 1.29. The summed E-state index contributed by atoms with van der Waals surface area (Å²) < 4.78 is 6.68. The molecule has 1 aliphatic rings. The molecule has 0 aromatic heterocycles. The van der Waals surface area contributed by atoms with Gasteiger partial charge < -0.3 is 4.74 Å². The average molecular weight is 245 g/mol. The van der Waals surface area contributed by atoms with E-state index in [1.807, 2.05) is 23.9 Å². The topological polar surface area (TPSA) is 9.23 Å². The van der Waals surface area contributed by atoms with Gasteiger partial charge in [0.05, 0.1) is 11.5 Å². The van der Waals surface area contributed by atoms with Crippen LogP contribution in [0.25, 0.3) is 0 Å². The van der Waals surface area contributed by atoms with Crippen LogP contribution in [0.1, 0.15) is 5.56 Å². The molecule has 0 radical (unpaired) electrons. The Morgan fingerprint density at radius 1 is 1.50 bits per heavy atom. The van der Waals surface area contributed by atoms with Crippen LogP contribution in [0.2, 0.25) is 0 Å². The number of ether oxygens (including phenoxy) is 1. The van der Waals surface area contributed by atoms with Gasteiger partial charge in [0.1, 0.15) is 5.75 Å². The van der Waals surface area contributed by atoms with Gasteiger partial charge in [-0.1, -0.05) is 15.9 Å². The third-order valence-corrected chi connectivity index (χ3v) is 3.92. The van der Waals surface area contributed by atoms with Gasteiger partial charge in [0.25, 0.3) is 0 Å². The lowest BCUT2D eigenvalue weighted by molar-refractivity contribution is 0.329. The maximum absolute atomic E-state index is 5.52. The summed E-state index contributed by atoms with van der Waals surface area (Å²) in [7, 11) is 0. The number of halogens is 1. The first kappa shape index (κ1) is 8.45. The molecule has 0 fully saturated rings. The van der Waals surface area contributed by atoms with Crippen molar-refractivity contribution in [2.75, 3.05) is 12.4 Å². The highest BCUT2D eigenvalue weighted by Crippen LogP contribution is 2.38. The molecule has 0 saturated heterocycles. The van der Waals surface area contributed by atoms with Crippen LogP contribution in [-0.2, 0) is 0 Å². The van der Waals surface area contributed by atoms with E-state index in [0.29, 0.717) is 0 Å². The van der Waals surface area contributed by atoms with E-state index in [2.05, 4.69) is 22.9 Å². The predicted octanol–water partition coefficient (Wildman–Crippen LogP) is 3.24. The second kappa shape index (κ2) is 3.30.